The van der Waals surface area contributed by atoms with E-state index >= 15 is 0 Å². The zero-order chi connectivity index (χ0) is 17.4. The van der Waals surface area contributed by atoms with Crippen LogP contribution in [0.1, 0.15) is 49.4 Å². The summed E-state index contributed by atoms with van der Waals surface area (Å²) in [5.74, 6) is 0.180. The van der Waals surface area contributed by atoms with E-state index in [0.717, 1.165) is 32.2 Å². The highest BCUT2D eigenvalue weighted by atomic mass is 16.2. The summed E-state index contributed by atoms with van der Waals surface area (Å²) in [6.45, 7) is 3.49. The van der Waals surface area contributed by atoms with Crippen molar-refractivity contribution in [1.82, 2.24) is 10.2 Å². The second-order valence-corrected chi connectivity index (χ2v) is 6.06. The molecule has 1 fully saturated rings. The second-order valence-electron chi connectivity index (χ2n) is 6.06. The van der Waals surface area contributed by atoms with Gasteiger partial charge in [0.25, 0.3) is 0 Å². The molecule has 0 aliphatic carbocycles. The predicted molar refractivity (Wildman–Crippen MR) is 93.1 cm³/mol. The fraction of sp³-hybridized carbons (Fsp3) is 0.500. The van der Waals surface area contributed by atoms with E-state index in [-0.39, 0.29) is 17.7 Å². The van der Waals surface area contributed by atoms with E-state index < -0.39 is 0 Å². The first kappa shape index (κ1) is 18.0. The Balaban J connectivity index is 1.70. The van der Waals surface area contributed by atoms with Gasteiger partial charge in [-0.15, -0.1) is 0 Å². The first-order chi connectivity index (χ1) is 11.6. The number of carbonyl (C=O) groups excluding carboxylic acids is 3. The summed E-state index contributed by atoms with van der Waals surface area (Å²) < 4.78 is 0. The highest BCUT2D eigenvalue weighted by molar-refractivity contribution is 5.96. The van der Waals surface area contributed by atoms with Gasteiger partial charge in [0, 0.05) is 37.3 Å². The lowest BCUT2D eigenvalue weighted by Crippen LogP contribution is -2.35. The summed E-state index contributed by atoms with van der Waals surface area (Å²) in [6, 6.07) is 6.53. The number of hydrogen-bond donors (Lipinski definition) is 2. The van der Waals surface area contributed by atoms with Crippen LogP contribution in [-0.2, 0) is 4.79 Å². The van der Waals surface area contributed by atoms with Gasteiger partial charge in [-0.05, 0) is 38.3 Å². The molecule has 1 heterocycles. The third-order valence-electron chi connectivity index (χ3n) is 4.09. The fourth-order valence-corrected chi connectivity index (χ4v) is 2.74. The highest BCUT2D eigenvalue weighted by Gasteiger charge is 2.15. The molecule has 3 amide bonds. The molecule has 1 aliphatic heterocycles. The average Bonchev–Trinajstić information content (AvgIpc) is 2.76. The number of nitrogens with zero attached hydrogens (tertiary/aromatic N) is 1. The minimum absolute atomic E-state index is 0.0406. The number of nitrogens with one attached hydrogen (secondary N) is 2. The Bertz CT molecular complexity index is 601. The molecule has 6 heteroatoms. The Hall–Kier alpha value is -2.37. The van der Waals surface area contributed by atoms with Crippen molar-refractivity contribution in [3.63, 3.8) is 0 Å². The van der Waals surface area contributed by atoms with Crippen molar-refractivity contribution in [2.24, 2.45) is 0 Å². The average molecular weight is 331 g/mol. The largest absolute Gasteiger partial charge is 0.343 e. The first-order valence-corrected chi connectivity index (χ1v) is 8.50. The van der Waals surface area contributed by atoms with E-state index in [1.54, 1.807) is 24.3 Å². The molecule has 6 nitrogen and oxygen atoms in total. The normalized spacial score (nSPS) is 14.9. The maximum absolute atomic E-state index is 11.9. The lowest BCUT2D eigenvalue weighted by Gasteiger charge is -2.20. The lowest BCUT2D eigenvalue weighted by atomic mass is 10.1. The topological polar surface area (TPSA) is 78.5 Å². The van der Waals surface area contributed by atoms with E-state index in [2.05, 4.69) is 10.6 Å². The Morgan fingerprint density at radius 3 is 2.83 bits per heavy atom. The maximum Gasteiger partial charge on any atom is 0.319 e. The van der Waals surface area contributed by atoms with Gasteiger partial charge in [-0.25, -0.2) is 4.79 Å². The Morgan fingerprint density at radius 1 is 1.21 bits per heavy atom. The molecule has 0 unspecified atom stereocenters. The summed E-state index contributed by atoms with van der Waals surface area (Å²) in [6.07, 6.45) is 4.52. The predicted octanol–water partition coefficient (Wildman–Crippen LogP) is 2.80. The molecular weight excluding hydrogens is 306 g/mol. The molecular formula is C18H25N3O3. The Kier molecular flexibility index (Phi) is 6.78. The van der Waals surface area contributed by atoms with E-state index in [1.807, 2.05) is 4.90 Å². The van der Waals surface area contributed by atoms with Crippen LogP contribution in [0.5, 0.6) is 0 Å². The number of ketones is 1. The van der Waals surface area contributed by atoms with Gasteiger partial charge in [-0.1, -0.05) is 18.6 Å². The molecule has 1 aromatic rings. The van der Waals surface area contributed by atoms with Crippen LogP contribution in [0.25, 0.3) is 0 Å². The fourth-order valence-electron chi connectivity index (χ4n) is 2.74. The standard InChI is InChI=1S/C18H25N3O3/c1-14(22)15-7-5-8-16(13-15)20-18(24)19-10-6-12-21-11-4-2-3-9-17(21)23/h5,7-8,13H,2-4,6,9-12H2,1H3,(H2,19,20,24). The van der Waals surface area contributed by atoms with Gasteiger partial charge >= 0.3 is 6.03 Å². The zero-order valence-corrected chi connectivity index (χ0v) is 14.1. The van der Waals surface area contributed by atoms with Crippen LogP contribution in [0.3, 0.4) is 0 Å². The van der Waals surface area contributed by atoms with E-state index in [1.165, 1.54) is 6.92 Å². The van der Waals surface area contributed by atoms with Crippen LogP contribution in [0.2, 0.25) is 0 Å². The first-order valence-electron chi connectivity index (χ1n) is 8.50. The number of rotatable bonds is 6. The third kappa shape index (κ3) is 5.68. The number of benzene rings is 1. The summed E-state index contributed by atoms with van der Waals surface area (Å²) in [5.41, 5.74) is 1.15. The number of amides is 3. The number of hydrogen-bond acceptors (Lipinski definition) is 3. The van der Waals surface area contributed by atoms with Crippen LogP contribution >= 0.6 is 0 Å². The van der Waals surface area contributed by atoms with Crippen molar-refractivity contribution in [3.05, 3.63) is 29.8 Å². The number of anilines is 1. The smallest absolute Gasteiger partial charge is 0.319 e. The van der Waals surface area contributed by atoms with Gasteiger partial charge in [-0.2, -0.15) is 0 Å². The maximum atomic E-state index is 11.9. The van der Waals surface area contributed by atoms with Crippen LogP contribution in [0, 0.1) is 0 Å². The van der Waals surface area contributed by atoms with Gasteiger partial charge in [-0.3, -0.25) is 9.59 Å². The van der Waals surface area contributed by atoms with Crippen molar-refractivity contribution in [3.8, 4) is 0 Å². The van der Waals surface area contributed by atoms with Crippen molar-refractivity contribution < 1.29 is 14.4 Å². The SMILES string of the molecule is CC(=O)c1cccc(NC(=O)NCCCN2CCCCCC2=O)c1. The number of Topliss-reactive ketones (excluding diaryl/α,β-unsaturated/α-hetero) is 1. The molecule has 0 saturated carbocycles. The van der Waals surface area contributed by atoms with E-state index in [9.17, 15) is 14.4 Å². The molecule has 2 N–H and O–H groups in total. The van der Waals surface area contributed by atoms with Crippen molar-refractivity contribution in [2.75, 3.05) is 25.0 Å². The number of likely N-dealkylation sites (tertiary alicyclic amines) is 1. The molecule has 1 saturated heterocycles. The van der Waals surface area contributed by atoms with Gasteiger partial charge in [0.15, 0.2) is 5.78 Å². The third-order valence-corrected chi connectivity index (χ3v) is 4.09. The monoisotopic (exact) mass is 331 g/mol. The van der Waals surface area contributed by atoms with Gasteiger partial charge in [0.05, 0.1) is 0 Å². The highest BCUT2D eigenvalue weighted by Crippen LogP contribution is 2.12. The Labute approximate surface area is 142 Å². The minimum atomic E-state index is -0.308. The minimum Gasteiger partial charge on any atom is -0.343 e. The van der Waals surface area contributed by atoms with Crippen molar-refractivity contribution in [2.45, 2.75) is 39.0 Å². The van der Waals surface area contributed by atoms with Crippen LogP contribution in [-0.4, -0.2) is 42.3 Å². The second kappa shape index (κ2) is 9.05. The van der Waals surface area contributed by atoms with Gasteiger partial charge < -0.3 is 15.5 Å². The molecule has 24 heavy (non-hydrogen) atoms. The molecule has 0 spiro atoms. The molecule has 2 rings (SSSR count). The summed E-state index contributed by atoms with van der Waals surface area (Å²) in [7, 11) is 0. The molecule has 130 valence electrons. The van der Waals surface area contributed by atoms with Crippen LogP contribution in [0.15, 0.2) is 24.3 Å². The zero-order valence-electron chi connectivity index (χ0n) is 14.1. The molecule has 0 aromatic heterocycles. The molecule has 0 atom stereocenters. The van der Waals surface area contributed by atoms with E-state index in [4.69, 9.17) is 0 Å². The van der Waals surface area contributed by atoms with Crippen LogP contribution < -0.4 is 10.6 Å². The summed E-state index contributed by atoms with van der Waals surface area (Å²) in [5, 5.41) is 5.49. The summed E-state index contributed by atoms with van der Waals surface area (Å²) >= 11 is 0. The number of carbonyl (C=O) groups is 3. The molecule has 1 aromatic carbocycles. The molecule has 0 bridgehead atoms. The van der Waals surface area contributed by atoms with E-state index in [0.29, 0.717) is 30.8 Å². The lowest BCUT2D eigenvalue weighted by molar-refractivity contribution is -0.130. The molecule has 1 aliphatic rings. The summed E-state index contributed by atoms with van der Waals surface area (Å²) in [4.78, 5) is 37.0. The Morgan fingerprint density at radius 2 is 2.04 bits per heavy atom. The molecule has 0 radical (unpaired) electrons. The van der Waals surface area contributed by atoms with Crippen molar-refractivity contribution >= 4 is 23.4 Å². The van der Waals surface area contributed by atoms with Gasteiger partial charge in [0.1, 0.15) is 0 Å². The number of urea groups is 1. The van der Waals surface area contributed by atoms with Gasteiger partial charge in [0.2, 0.25) is 5.91 Å². The van der Waals surface area contributed by atoms with Crippen LogP contribution in [0.4, 0.5) is 10.5 Å². The quantitative estimate of drug-likeness (QED) is 0.621. The van der Waals surface area contributed by atoms with Crippen molar-refractivity contribution in [1.29, 1.82) is 0 Å².